The lowest BCUT2D eigenvalue weighted by Gasteiger charge is -2.27. The third-order valence-electron chi connectivity index (χ3n) is 4.48. The number of hydrogen-bond donors (Lipinski definition) is 2. The van der Waals surface area contributed by atoms with Crippen LogP contribution in [0.4, 0.5) is 0 Å². The summed E-state index contributed by atoms with van der Waals surface area (Å²) in [5, 5.41) is 15.3. The maximum absolute atomic E-state index is 10.3. The number of thiophene rings is 1. The zero-order chi connectivity index (χ0) is 17.2. The van der Waals surface area contributed by atoms with Crippen LogP contribution in [-0.4, -0.2) is 10.8 Å². The summed E-state index contributed by atoms with van der Waals surface area (Å²) in [7, 11) is 0. The molecule has 2 atom stereocenters. The minimum atomic E-state index is -0.0484. The largest absolute Gasteiger partial charge is 0.507 e. The summed E-state index contributed by atoms with van der Waals surface area (Å²) in [5.41, 5.74) is 3.15. The van der Waals surface area contributed by atoms with Crippen LogP contribution in [0, 0.1) is 0 Å². The van der Waals surface area contributed by atoms with E-state index in [9.17, 15) is 5.11 Å². The van der Waals surface area contributed by atoms with Crippen molar-refractivity contribution in [3.8, 4) is 5.75 Å². The third kappa shape index (κ3) is 3.47. The number of phenolic OH excluding ortho intramolecular Hbond substituents is 1. The van der Waals surface area contributed by atoms with E-state index in [2.05, 4.69) is 16.8 Å². The first kappa shape index (κ1) is 16.3. The standard InChI is InChI=1S/C20H17ClN2OS/c21-14-9-7-13(8-10-14)20-22-16(15-4-1-2-5-18(15)24)12-17(23-20)19-6-3-11-25-19/h1-11,16,20,22,24H,12H2/p+1/t16-,20+/m0/s1. The summed E-state index contributed by atoms with van der Waals surface area (Å²) in [4.78, 5) is 6.16. The van der Waals surface area contributed by atoms with E-state index in [1.807, 2.05) is 48.5 Å². The number of phenols is 1. The lowest BCUT2D eigenvalue weighted by Crippen LogP contribution is -2.87. The second-order valence-corrected chi connectivity index (χ2v) is 7.50. The fourth-order valence-corrected chi connectivity index (χ4v) is 4.09. The van der Waals surface area contributed by atoms with Gasteiger partial charge in [-0.2, -0.15) is 0 Å². The third-order valence-corrected chi connectivity index (χ3v) is 5.65. The number of hydrogen-bond acceptors (Lipinski definition) is 3. The van der Waals surface area contributed by atoms with Crippen LogP contribution in [-0.2, 0) is 0 Å². The fraction of sp³-hybridized carbons (Fsp3) is 0.150. The topological polar surface area (TPSA) is 49.2 Å². The lowest BCUT2D eigenvalue weighted by molar-refractivity contribution is -0.735. The van der Waals surface area contributed by atoms with Crippen molar-refractivity contribution in [2.45, 2.75) is 18.6 Å². The molecule has 0 spiro atoms. The van der Waals surface area contributed by atoms with Gasteiger partial charge in [-0.1, -0.05) is 29.8 Å². The van der Waals surface area contributed by atoms with Crippen LogP contribution in [0.2, 0.25) is 5.02 Å². The highest BCUT2D eigenvalue weighted by molar-refractivity contribution is 7.12. The van der Waals surface area contributed by atoms with Crippen LogP contribution in [0.5, 0.6) is 5.75 Å². The predicted molar refractivity (Wildman–Crippen MR) is 102 cm³/mol. The Bertz CT molecular complexity index is 890. The SMILES string of the molecule is Oc1ccccc1[C@@H]1CC(c2cccs2)=N[C@H](c2ccc(Cl)cc2)[NH2+]1. The molecule has 1 aliphatic rings. The summed E-state index contributed by atoms with van der Waals surface area (Å²) in [6.45, 7) is 0. The van der Waals surface area contributed by atoms with E-state index in [0.717, 1.165) is 28.3 Å². The van der Waals surface area contributed by atoms with Crippen molar-refractivity contribution in [1.82, 2.24) is 0 Å². The maximum Gasteiger partial charge on any atom is 0.206 e. The number of rotatable bonds is 3. The molecule has 0 aliphatic carbocycles. The van der Waals surface area contributed by atoms with Crippen molar-refractivity contribution in [3.63, 3.8) is 0 Å². The number of aliphatic imine (C=N–C) groups is 1. The van der Waals surface area contributed by atoms with Gasteiger partial charge in [0.2, 0.25) is 6.17 Å². The second kappa shape index (κ2) is 7.00. The first-order chi connectivity index (χ1) is 12.2. The highest BCUT2D eigenvalue weighted by Crippen LogP contribution is 2.30. The number of benzene rings is 2. The Kier molecular flexibility index (Phi) is 4.57. The molecule has 3 N–H and O–H groups in total. The van der Waals surface area contributed by atoms with E-state index < -0.39 is 0 Å². The van der Waals surface area contributed by atoms with Crippen LogP contribution >= 0.6 is 22.9 Å². The van der Waals surface area contributed by atoms with Gasteiger partial charge in [0, 0.05) is 21.9 Å². The molecule has 0 unspecified atom stereocenters. The Labute approximate surface area is 155 Å². The summed E-state index contributed by atoms with van der Waals surface area (Å²) in [6.07, 6.45) is 0.745. The van der Waals surface area contributed by atoms with Crippen molar-refractivity contribution in [1.29, 1.82) is 0 Å². The quantitative estimate of drug-likeness (QED) is 0.710. The Morgan fingerprint density at radius 2 is 1.84 bits per heavy atom. The molecular weight excluding hydrogens is 352 g/mol. The molecular formula is C20H18ClN2OS+. The van der Waals surface area contributed by atoms with Gasteiger partial charge >= 0.3 is 0 Å². The van der Waals surface area contributed by atoms with Crippen LogP contribution in [0.15, 0.2) is 71.0 Å². The number of nitrogens with zero attached hydrogens (tertiary/aromatic N) is 1. The smallest absolute Gasteiger partial charge is 0.206 e. The monoisotopic (exact) mass is 369 g/mol. The molecule has 0 saturated heterocycles. The van der Waals surface area contributed by atoms with E-state index in [4.69, 9.17) is 16.6 Å². The van der Waals surface area contributed by atoms with Gasteiger partial charge in [-0.3, -0.25) is 0 Å². The molecule has 0 radical (unpaired) electrons. The molecule has 3 aromatic rings. The van der Waals surface area contributed by atoms with Crippen molar-refractivity contribution < 1.29 is 10.4 Å². The molecule has 3 nitrogen and oxygen atoms in total. The van der Waals surface area contributed by atoms with Crippen molar-refractivity contribution >= 4 is 28.6 Å². The molecule has 4 rings (SSSR count). The first-order valence-electron chi connectivity index (χ1n) is 8.19. The first-order valence-corrected chi connectivity index (χ1v) is 9.45. The van der Waals surface area contributed by atoms with Gasteiger partial charge in [-0.25, -0.2) is 4.99 Å². The van der Waals surface area contributed by atoms with Crippen molar-refractivity contribution in [2.75, 3.05) is 0 Å². The van der Waals surface area contributed by atoms with Crippen LogP contribution in [0.3, 0.4) is 0 Å². The zero-order valence-electron chi connectivity index (χ0n) is 13.5. The number of para-hydroxylation sites is 1. The molecule has 0 fully saturated rings. The average Bonchev–Trinajstić information content (AvgIpc) is 3.17. The highest BCUT2D eigenvalue weighted by atomic mass is 35.5. The van der Waals surface area contributed by atoms with Gasteiger partial charge < -0.3 is 10.4 Å². The van der Waals surface area contributed by atoms with E-state index in [-0.39, 0.29) is 12.2 Å². The van der Waals surface area contributed by atoms with E-state index in [0.29, 0.717) is 5.75 Å². The minimum absolute atomic E-state index is 0.0484. The predicted octanol–water partition coefficient (Wildman–Crippen LogP) is 4.30. The Balaban J connectivity index is 1.74. The normalized spacial score (nSPS) is 20.3. The Morgan fingerprint density at radius 1 is 1.04 bits per heavy atom. The molecule has 126 valence electrons. The summed E-state index contributed by atoms with van der Waals surface area (Å²) in [5.74, 6) is 0.339. The van der Waals surface area contributed by atoms with Crippen LogP contribution < -0.4 is 5.32 Å². The average molecular weight is 370 g/mol. The molecule has 5 heteroatoms. The summed E-state index contributed by atoms with van der Waals surface area (Å²) >= 11 is 7.73. The molecule has 2 heterocycles. The van der Waals surface area contributed by atoms with Crippen LogP contribution in [0.25, 0.3) is 0 Å². The molecule has 1 aliphatic heterocycles. The minimum Gasteiger partial charge on any atom is -0.507 e. The molecule has 0 amide bonds. The number of nitrogens with two attached hydrogens (primary N) is 1. The van der Waals surface area contributed by atoms with Gasteiger partial charge in [0.1, 0.15) is 11.8 Å². The maximum atomic E-state index is 10.3. The Morgan fingerprint density at radius 3 is 2.56 bits per heavy atom. The number of quaternary nitrogens is 1. The summed E-state index contributed by atoms with van der Waals surface area (Å²) in [6, 6.07) is 19.7. The van der Waals surface area contributed by atoms with Gasteiger partial charge in [0.25, 0.3) is 0 Å². The second-order valence-electron chi connectivity index (χ2n) is 6.11. The zero-order valence-corrected chi connectivity index (χ0v) is 15.0. The van der Waals surface area contributed by atoms with E-state index in [1.165, 1.54) is 4.88 Å². The lowest BCUT2D eigenvalue weighted by atomic mass is 9.96. The Hall–Kier alpha value is -2.14. The van der Waals surface area contributed by atoms with Crippen molar-refractivity contribution in [3.05, 3.63) is 87.1 Å². The highest BCUT2D eigenvalue weighted by Gasteiger charge is 2.31. The summed E-state index contributed by atoms with van der Waals surface area (Å²) < 4.78 is 0. The number of halogens is 1. The molecule has 2 aromatic carbocycles. The number of aromatic hydroxyl groups is 1. The molecule has 0 bridgehead atoms. The fourth-order valence-electron chi connectivity index (χ4n) is 3.23. The van der Waals surface area contributed by atoms with E-state index in [1.54, 1.807) is 17.4 Å². The molecule has 25 heavy (non-hydrogen) atoms. The van der Waals surface area contributed by atoms with Crippen molar-refractivity contribution in [2.24, 2.45) is 4.99 Å². The van der Waals surface area contributed by atoms with Gasteiger partial charge in [-0.05, 0) is 47.8 Å². The van der Waals surface area contributed by atoms with E-state index >= 15 is 0 Å². The molecule has 1 aromatic heterocycles. The van der Waals surface area contributed by atoms with Gasteiger partial charge in [0.05, 0.1) is 11.3 Å². The van der Waals surface area contributed by atoms with Gasteiger partial charge in [0.15, 0.2) is 0 Å². The van der Waals surface area contributed by atoms with Crippen LogP contribution in [0.1, 0.15) is 34.6 Å². The van der Waals surface area contributed by atoms with Gasteiger partial charge in [-0.15, -0.1) is 11.3 Å². The molecule has 0 saturated carbocycles.